The van der Waals surface area contributed by atoms with E-state index in [9.17, 15) is 4.79 Å². The number of aromatic nitrogens is 3. The summed E-state index contributed by atoms with van der Waals surface area (Å²) in [4.78, 5) is 24.9. The lowest BCUT2D eigenvalue weighted by Crippen LogP contribution is -2.14. The molecule has 1 amide bonds. The van der Waals surface area contributed by atoms with E-state index in [2.05, 4.69) is 25.6 Å². The molecule has 3 aromatic heterocycles. The summed E-state index contributed by atoms with van der Waals surface area (Å²) >= 11 is 0. The number of nitrogens with zero attached hydrogens (tertiary/aromatic N) is 3. The Balaban J connectivity index is 1.59. The summed E-state index contributed by atoms with van der Waals surface area (Å²) < 4.78 is 5.48. The number of nitrogen functional groups attached to an aromatic ring is 1. The van der Waals surface area contributed by atoms with Crippen LogP contribution >= 0.6 is 0 Å². The first-order valence-corrected chi connectivity index (χ1v) is 9.06. The van der Waals surface area contributed by atoms with Crippen LogP contribution in [0, 0.1) is 0 Å². The van der Waals surface area contributed by atoms with Crippen LogP contribution in [0.1, 0.15) is 23.1 Å². The fourth-order valence-electron chi connectivity index (χ4n) is 2.44. The standard InChI is InChI=1S/C21H22N6O2/c1-2-3-11-29-17-6-7-19(26-14-17)21(28)27-15-8-10-23-16(12-15)13-25-18-5-4-9-24-20(18)22/h2-10,12,14,25H,11,13H2,1H3,(H2,22,24)(H,23,27,28)/b3-2+. The average molecular weight is 390 g/mol. The molecule has 0 aliphatic heterocycles. The quantitative estimate of drug-likeness (QED) is 0.506. The fourth-order valence-corrected chi connectivity index (χ4v) is 2.44. The molecule has 0 bridgehead atoms. The fraction of sp³-hybridized carbons (Fsp3) is 0.143. The number of anilines is 3. The maximum Gasteiger partial charge on any atom is 0.274 e. The summed E-state index contributed by atoms with van der Waals surface area (Å²) in [6.07, 6.45) is 8.58. The van der Waals surface area contributed by atoms with Gasteiger partial charge in [0.15, 0.2) is 0 Å². The van der Waals surface area contributed by atoms with Gasteiger partial charge in [-0.15, -0.1) is 0 Å². The lowest BCUT2D eigenvalue weighted by Gasteiger charge is -2.10. The molecule has 3 rings (SSSR count). The number of hydrogen-bond acceptors (Lipinski definition) is 7. The second kappa shape index (κ2) is 9.84. The molecule has 148 valence electrons. The van der Waals surface area contributed by atoms with Crippen molar-refractivity contribution in [3.63, 3.8) is 0 Å². The van der Waals surface area contributed by atoms with Crippen LogP contribution in [-0.2, 0) is 6.54 Å². The minimum atomic E-state index is -0.313. The zero-order valence-electron chi connectivity index (χ0n) is 16.0. The largest absolute Gasteiger partial charge is 0.488 e. The van der Waals surface area contributed by atoms with Crippen LogP contribution in [0.25, 0.3) is 0 Å². The molecule has 0 fully saturated rings. The van der Waals surface area contributed by atoms with Crippen LogP contribution in [0.3, 0.4) is 0 Å². The first-order chi connectivity index (χ1) is 14.2. The van der Waals surface area contributed by atoms with E-state index in [4.69, 9.17) is 10.5 Å². The van der Waals surface area contributed by atoms with E-state index >= 15 is 0 Å². The summed E-state index contributed by atoms with van der Waals surface area (Å²) in [6, 6.07) is 10.5. The molecule has 0 aliphatic rings. The third kappa shape index (κ3) is 5.77. The predicted molar refractivity (Wildman–Crippen MR) is 113 cm³/mol. The number of nitrogens with one attached hydrogen (secondary N) is 2. The Morgan fingerprint density at radius 3 is 2.83 bits per heavy atom. The molecule has 0 saturated carbocycles. The topological polar surface area (TPSA) is 115 Å². The smallest absolute Gasteiger partial charge is 0.274 e. The second-order valence-corrected chi connectivity index (χ2v) is 6.04. The molecule has 8 nitrogen and oxygen atoms in total. The molecule has 3 heterocycles. The number of hydrogen-bond donors (Lipinski definition) is 3. The van der Waals surface area contributed by atoms with Gasteiger partial charge >= 0.3 is 0 Å². The van der Waals surface area contributed by atoms with Crippen LogP contribution in [0.5, 0.6) is 5.75 Å². The number of carbonyl (C=O) groups is 1. The highest BCUT2D eigenvalue weighted by atomic mass is 16.5. The molecule has 3 aromatic rings. The molecule has 0 saturated heterocycles. The lowest BCUT2D eigenvalue weighted by atomic mass is 10.2. The van der Waals surface area contributed by atoms with E-state index in [-0.39, 0.29) is 5.91 Å². The molecule has 0 aromatic carbocycles. The Hall–Kier alpha value is -3.94. The Labute approximate surface area is 168 Å². The highest BCUT2D eigenvalue weighted by molar-refractivity contribution is 6.02. The van der Waals surface area contributed by atoms with Crippen molar-refractivity contribution in [3.8, 4) is 5.75 Å². The maximum atomic E-state index is 12.4. The number of ether oxygens (including phenoxy) is 1. The van der Waals surface area contributed by atoms with Crippen LogP contribution in [0.15, 0.2) is 67.1 Å². The monoisotopic (exact) mass is 390 g/mol. The van der Waals surface area contributed by atoms with Crippen molar-refractivity contribution < 1.29 is 9.53 Å². The minimum Gasteiger partial charge on any atom is -0.488 e. The van der Waals surface area contributed by atoms with E-state index in [1.54, 1.807) is 42.7 Å². The molecule has 29 heavy (non-hydrogen) atoms. The molecule has 8 heteroatoms. The molecule has 0 radical (unpaired) electrons. The van der Waals surface area contributed by atoms with E-state index < -0.39 is 0 Å². The van der Waals surface area contributed by atoms with Crippen molar-refractivity contribution in [2.75, 3.05) is 23.0 Å². The van der Waals surface area contributed by atoms with Gasteiger partial charge in [0.1, 0.15) is 23.9 Å². The van der Waals surface area contributed by atoms with Crippen LogP contribution in [0.2, 0.25) is 0 Å². The minimum absolute atomic E-state index is 0.294. The van der Waals surface area contributed by atoms with Crippen molar-refractivity contribution in [3.05, 3.63) is 78.5 Å². The molecule has 4 N–H and O–H groups in total. The number of rotatable bonds is 8. The molecular formula is C21H22N6O2. The lowest BCUT2D eigenvalue weighted by molar-refractivity contribution is 0.102. The SMILES string of the molecule is C/C=C/COc1ccc(C(=O)Nc2ccnc(CNc3cccnc3N)c2)nc1. The summed E-state index contributed by atoms with van der Waals surface area (Å²) in [5.74, 6) is 0.708. The van der Waals surface area contributed by atoms with E-state index in [0.717, 1.165) is 11.4 Å². The van der Waals surface area contributed by atoms with E-state index in [0.29, 0.717) is 36.1 Å². The maximum absolute atomic E-state index is 12.4. The molecular weight excluding hydrogens is 368 g/mol. The first-order valence-electron chi connectivity index (χ1n) is 9.06. The first kappa shape index (κ1) is 19.8. The normalized spacial score (nSPS) is 10.7. The Morgan fingerprint density at radius 2 is 2.07 bits per heavy atom. The van der Waals surface area contributed by atoms with Gasteiger partial charge in [0.2, 0.25) is 0 Å². The summed E-state index contributed by atoms with van der Waals surface area (Å²) in [5.41, 5.74) is 8.20. The van der Waals surface area contributed by atoms with Crippen molar-refractivity contribution in [1.82, 2.24) is 15.0 Å². The van der Waals surface area contributed by atoms with E-state index in [1.807, 2.05) is 25.1 Å². The van der Waals surface area contributed by atoms with Crippen LogP contribution in [-0.4, -0.2) is 27.5 Å². The van der Waals surface area contributed by atoms with Crippen molar-refractivity contribution >= 4 is 23.1 Å². The second-order valence-electron chi connectivity index (χ2n) is 6.04. The van der Waals surface area contributed by atoms with Gasteiger partial charge in [-0.1, -0.05) is 12.2 Å². The van der Waals surface area contributed by atoms with Gasteiger partial charge in [-0.25, -0.2) is 9.97 Å². The van der Waals surface area contributed by atoms with Gasteiger partial charge in [-0.3, -0.25) is 9.78 Å². The van der Waals surface area contributed by atoms with Gasteiger partial charge in [0.25, 0.3) is 5.91 Å². The van der Waals surface area contributed by atoms with Gasteiger partial charge < -0.3 is 21.1 Å². The number of pyridine rings is 3. The number of carbonyl (C=O) groups excluding carboxylic acids is 1. The summed E-state index contributed by atoms with van der Waals surface area (Å²) in [6.45, 7) is 2.82. The summed E-state index contributed by atoms with van der Waals surface area (Å²) in [7, 11) is 0. The van der Waals surface area contributed by atoms with Gasteiger partial charge in [0.05, 0.1) is 24.1 Å². The predicted octanol–water partition coefficient (Wildman–Crippen LogP) is 3.27. The molecule has 0 unspecified atom stereocenters. The highest BCUT2D eigenvalue weighted by Gasteiger charge is 2.09. The zero-order chi connectivity index (χ0) is 20.5. The number of amides is 1. The third-order valence-electron chi connectivity index (χ3n) is 3.92. The summed E-state index contributed by atoms with van der Waals surface area (Å²) in [5, 5.41) is 6.00. The van der Waals surface area contributed by atoms with Crippen LogP contribution < -0.4 is 21.1 Å². The third-order valence-corrected chi connectivity index (χ3v) is 3.92. The van der Waals surface area contributed by atoms with E-state index in [1.165, 1.54) is 6.20 Å². The van der Waals surface area contributed by atoms with Gasteiger partial charge in [-0.05, 0) is 43.3 Å². The molecule has 0 atom stereocenters. The number of allylic oxidation sites excluding steroid dienone is 1. The van der Waals surface area contributed by atoms with Gasteiger partial charge in [-0.2, -0.15) is 0 Å². The van der Waals surface area contributed by atoms with Crippen molar-refractivity contribution in [2.45, 2.75) is 13.5 Å². The Bertz CT molecular complexity index is 988. The highest BCUT2D eigenvalue weighted by Crippen LogP contribution is 2.16. The Morgan fingerprint density at radius 1 is 1.17 bits per heavy atom. The van der Waals surface area contributed by atoms with Crippen LogP contribution in [0.4, 0.5) is 17.2 Å². The van der Waals surface area contributed by atoms with Gasteiger partial charge in [0, 0.05) is 18.1 Å². The zero-order valence-corrected chi connectivity index (χ0v) is 16.0. The number of nitrogens with two attached hydrogens (primary N) is 1. The molecule has 0 aliphatic carbocycles. The Kier molecular flexibility index (Phi) is 6.72. The van der Waals surface area contributed by atoms with Crippen molar-refractivity contribution in [1.29, 1.82) is 0 Å². The molecule has 0 spiro atoms. The van der Waals surface area contributed by atoms with Crippen molar-refractivity contribution in [2.24, 2.45) is 0 Å². The average Bonchev–Trinajstić information content (AvgIpc) is 2.74.